The van der Waals surface area contributed by atoms with Crippen LogP contribution >= 0.6 is 0 Å². The average molecular weight is 332 g/mol. The Bertz CT molecular complexity index is 498. The molecule has 24 heavy (non-hydrogen) atoms. The molecule has 0 bridgehead atoms. The van der Waals surface area contributed by atoms with Crippen LogP contribution in [0.4, 0.5) is 0 Å². The predicted molar refractivity (Wildman–Crippen MR) is 101 cm³/mol. The first-order valence-electron chi connectivity index (χ1n) is 9.20. The summed E-state index contributed by atoms with van der Waals surface area (Å²) in [5, 5.41) is 6.74. The first-order chi connectivity index (χ1) is 11.8. The van der Waals surface area contributed by atoms with Gasteiger partial charge in [0.1, 0.15) is 5.75 Å². The van der Waals surface area contributed by atoms with Crippen LogP contribution in [0.1, 0.15) is 31.7 Å². The van der Waals surface area contributed by atoms with Crippen molar-refractivity contribution >= 4 is 5.96 Å². The molecule has 2 N–H and O–H groups in total. The Hall–Kier alpha value is -1.75. The van der Waals surface area contributed by atoms with Gasteiger partial charge in [0.25, 0.3) is 0 Å². The van der Waals surface area contributed by atoms with Crippen molar-refractivity contribution in [1.29, 1.82) is 0 Å². The molecule has 1 saturated heterocycles. The van der Waals surface area contributed by atoms with Gasteiger partial charge in [0.05, 0.1) is 7.11 Å². The van der Waals surface area contributed by atoms with Crippen LogP contribution in [0.15, 0.2) is 29.3 Å². The third-order valence-electron chi connectivity index (χ3n) is 4.32. The second-order valence-corrected chi connectivity index (χ2v) is 6.15. The van der Waals surface area contributed by atoms with Gasteiger partial charge in [-0.3, -0.25) is 4.99 Å². The van der Waals surface area contributed by atoms with Gasteiger partial charge in [-0.05, 0) is 63.9 Å². The van der Waals surface area contributed by atoms with E-state index in [1.54, 1.807) is 7.11 Å². The molecule has 5 nitrogen and oxygen atoms in total. The topological polar surface area (TPSA) is 48.9 Å². The number of ether oxygens (including phenoxy) is 1. The van der Waals surface area contributed by atoms with Gasteiger partial charge < -0.3 is 20.3 Å². The van der Waals surface area contributed by atoms with Crippen LogP contribution in [0.5, 0.6) is 5.75 Å². The number of likely N-dealkylation sites (tertiary alicyclic amines) is 1. The largest absolute Gasteiger partial charge is 0.496 e. The lowest BCUT2D eigenvalue weighted by atomic mass is 10.1. The summed E-state index contributed by atoms with van der Waals surface area (Å²) in [5.74, 6) is 1.86. The molecule has 1 heterocycles. The van der Waals surface area contributed by atoms with E-state index in [0.717, 1.165) is 44.2 Å². The maximum absolute atomic E-state index is 5.40. The van der Waals surface area contributed by atoms with Crippen molar-refractivity contribution in [3.63, 3.8) is 0 Å². The molecule has 1 aliphatic rings. The van der Waals surface area contributed by atoms with Crippen LogP contribution in [0.3, 0.4) is 0 Å². The lowest BCUT2D eigenvalue weighted by Crippen LogP contribution is -2.38. The lowest BCUT2D eigenvalue weighted by Gasteiger charge is -2.14. The molecule has 1 aromatic rings. The molecule has 1 aliphatic heterocycles. The monoisotopic (exact) mass is 332 g/mol. The van der Waals surface area contributed by atoms with E-state index in [-0.39, 0.29) is 0 Å². The van der Waals surface area contributed by atoms with Crippen LogP contribution in [0.25, 0.3) is 0 Å². The van der Waals surface area contributed by atoms with Crippen molar-refractivity contribution in [3.05, 3.63) is 29.8 Å². The molecule has 0 saturated carbocycles. The molecule has 0 atom stereocenters. The highest BCUT2D eigenvalue weighted by Crippen LogP contribution is 2.17. The van der Waals surface area contributed by atoms with E-state index < -0.39 is 0 Å². The zero-order chi connectivity index (χ0) is 17.0. The number of methoxy groups -OCH3 is 1. The highest BCUT2D eigenvalue weighted by Gasteiger charge is 2.10. The van der Waals surface area contributed by atoms with Crippen molar-refractivity contribution in [2.75, 3.05) is 46.4 Å². The molecular weight excluding hydrogens is 300 g/mol. The molecule has 1 fully saturated rings. The number of para-hydroxylation sites is 1. The van der Waals surface area contributed by atoms with Crippen LogP contribution in [0, 0.1) is 0 Å². The number of guanidine groups is 1. The van der Waals surface area contributed by atoms with E-state index in [1.807, 2.05) is 12.1 Å². The van der Waals surface area contributed by atoms with Crippen LogP contribution in [-0.2, 0) is 6.42 Å². The number of hydrogen-bond donors (Lipinski definition) is 2. The van der Waals surface area contributed by atoms with Gasteiger partial charge in [-0.1, -0.05) is 18.2 Å². The van der Waals surface area contributed by atoms with E-state index in [0.29, 0.717) is 0 Å². The summed E-state index contributed by atoms with van der Waals surface area (Å²) in [7, 11) is 1.72. The molecule has 0 radical (unpaired) electrons. The highest BCUT2D eigenvalue weighted by atomic mass is 16.5. The maximum atomic E-state index is 5.40. The smallest absolute Gasteiger partial charge is 0.191 e. The zero-order valence-electron chi connectivity index (χ0n) is 15.2. The standard InChI is InChI=1S/C19H32N4O/c1-3-20-19(21-12-8-16-23-14-6-7-15-23)22-13-11-17-9-4-5-10-18(17)24-2/h4-5,9-10H,3,6-8,11-16H2,1-2H3,(H2,20,21,22). The van der Waals surface area contributed by atoms with Gasteiger partial charge in [0.2, 0.25) is 0 Å². The van der Waals surface area contributed by atoms with Gasteiger partial charge in [-0.15, -0.1) is 0 Å². The molecule has 2 rings (SSSR count). The molecule has 0 amide bonds. The summed E-state index contributed by atoms with van der Waals surface area (Å²) in [6, 6.07) is 8.17. The van der Waals surface area contributed by atoms with Crippen molar-refractivity contribution in [3.8, 4) is 5.75 Å². The summed E-state index contributed by atoms with van der Waals surface area (Å²) in [5.41, 5.74) is 1.22. The third-order valence-corrected chi connectivity index (χ3v) is 4.32. The normalized spacial score (nSPS) is 15.5. The van der Waals surface area contributed by atoms with Gasteiger partial charge in [0, 0.05) is 19.6 Å². The Labute approximate surface area is 146 Å². The van der Waals surface area contributed by atoms with E-state index in [2.05, 4.69) is 39.6 Å². The molecule has 0 unspecified atom stereocenters. The highest BCUT2D eigenvalue weighted by molar-refractivity contribution is 5.79. The van der Waals surface area contributed by atoms with Gasteiger partial charge in [-0.25, -0.2) is 0 Å². The number of rotatable bonds is 9. The van der Waals surface area contributed by atoms with E-state index in [9.17, 15) is 0 Å². The molecule has 134 valence electrons. The van der Waals surface area contributed by atoms with E-state index in [1.165, 1.54) is 38.0 Å². The molecule has 0 spiro atoms. The zero-order valence-corrected chi connectivity index (χ0v) is 15.2. The van der Waals surface area contributed by atoms with Crippen LogP contribution < -0.4 is 15.4 Å². The number of benzene rings is 1. The molecule has 0 aliphatic carbocycles. The predicted octanol–water partition coefficient (Wildman–Crippen LogP) is 2.28. The number of nitrogens with one attached hydrogen (secondary N) is 2. The fourth-order valence-corrected chi connectivity index (χ4v) is 3.06. The van der Waals surface area contributed by atoms with Crippen molar-refractivity contribution in [1.82, 2.24) is 15.5 Å². The van der Waals surface area contributed by atoms with Crippen molar-refractivity contribution < 1.29 is 4.74 Å². The van der Waals surface area contributed by atoms with E-state index in [4.69, 9.17) is 4.74 Å². The Morgan fingerprint density at radius 3 is 2.75 bits per heavy atom. The molecule has 1 aromatic carbocycles. The minimum atomic E-state index is 0.846. The molecular formula is C19H32N4O. The third kappa shape index (κ3) is 6.40. The van der Waals surface area contributed by atoms with Gasteiger partial charge in [0.15, 0.2) is 5.96 Å². The summed E-state index contributed by atoms with van der Waals surface area (Å²) in [6.45, 7) is 8.40. The summed E-state index contributed by atoms with van der Waals surface area (Å²) in [4.78, 5) is 7.22. The fourth-order valence-electron chi connectivity index (χ4n) is 3.06. The Kier molecular flexibility index (Phi) is 8.46. The van der Waals surface area contributed by atoms with Gasteiger partial charge >= 0.3 is 0 Å². The SMILES string of the molecule is CCNC(=NCCCN1CCCC1)NCCc1ccccc1OC. The Morgan fingerprint density at radius 1 is 1.21 bits per heavy atom. The molecule has 5 heteroatoms. The number of aliphatic imine (C=N–C) groups is 1. The maximum Gasteiger partial charge on any atom is 0.191 e. The number of hydrogen-bond acceptors (Lipinski definition) is 3. The summed E-state index contributed by atoms with van der Waals surface area (Å²) >= 11 is 0. The van der Waals surface area contributed by atoms with Crippen LogP contribution in [0.2, 0.25) is 0 Å². The second kappa shape index (κ2) is 10.9. The van der Waals surface area contributed by atoms with Crippen molar-refractivity contribution in [2.45, 2.75) is 32.6 Å². The van der Waals surface area contributed by atoms with E-state index >= 15 is 0 Å². The average Bonchev–Trinajstić information content (AvgIpc) is 3.12. The minimum absolute atomic E-state index is 0.846. The lowest BCUT2D eigenvalue weighted by molar-refractivity contribution is 0.336. The molecule has 0 aromatic heterocycles. The quantitative estimate of drug-likeness (QED) is 0.414. The van der Waals surface area contributed by atoms with Gasteiger partial charge in [-0.2, -0.15) is 0 Å². The Balaban J connectivity index is 1.72. The number of nitrogens with zero attached hydrogens (tertiary/aromatic N) is 2. The fraction of sp³-hybridized carbons (Fsp3) is 0.632. The Morgan fingerprint density at radius 2 is 2.00 bits per heavy atom. The minimum Gasteiger partial charge on any atom is -0.496 e. The van der Waals surface area contributed by atoms with Crippen molar-refractivity contribution in [2.24, 2.45) is 4.99 Å². The first-order valence-corrected chi connectivity index (χ1v) is 9.20. The second-order valence-electron chi connectivity index (χ2n) is 6.15. The van der Waals surface area contributed by atoms with Crippen LogP contribution in [-0.4, -0.2) is 57.2 Å². The summed E-state index contributed by atoms with van der Waals surface area (Å²) < 4.78 is 5.40. The first kappa shape index (κ1) is 18.6. The summed E-state index contributed by atoms with van der Waals surface area (Å²) in [6.07, 6.45) is 4.76.